The zero-order valence-electron chi connectivity index (χ0n) is 10.3. The topological polar surface area (TPSA) is 54.2 Å². The van der Waals surface area contributed by atoms with Crippen LogP contribution >= 0.6 is 11.3 Å². The summed E-state index contributed by atoms with van der Waals surface area (Å²) >= 11 is 1.62. The highest BCUT2D eigenvalue weighted by Crippen LogP contribution is 2.23. The van der Waals surface area contributed by atoms with Gasteiger partial charge in [0.25, 0.3) is 5.89 Å². The van der Waals surface area contributed by atoms with E-state index >= 15 is 0 Å². The lowest BCUT2D eigenvalue weighted by molar-refractivity contribution is 0.184. The molecule has 1 aliphatic rings. The number of rotatable bonds is 3. The van der Waals surface area contributed by atoms with Crippen LogP contribution in [0.4, 0.5) is 0 Å². The number of thiophene rings is 1. The van der Waals surface area contributed by atoms with Crippen molar-refractivity contribution in [2.45, 2.75) is 19.5 Å². The van der Waals surface area contributed by atoms with Gasteiger partial charge in [0.1, 0.15) is 0 Å². The third-order valence-electron chi connectivity index (χ3n) is 3.01. The largest absolute Gasteiger partial charge is 0.419 e. The van der Waals surface area contributed by atoms with Crippen molar-refractivity contribution in [3.63, 3.8) is 0 Å². The van der Waals surface area contributed by atoms with Gasteiger partial charge in [0, 0.05) is 25.7 Å². The van der Waals surface area contributed by atoms with Crippen LogP contribution in [-0.2, 0) is 6.54 Å². The smallest absolute Gasteiger partial charge is 0.257 e. The lowest BCUT2D eigenvalue weighted by Gasteiger charge is -2.30. The van der Waals surface area contributed by atoms with Crippen molar-refractivity contribution in [2.24, 2.45) is 0 Å². The van der Waals surface area contributed by atoms with Gasteiger partial charge in [-0.3, -0.25) is 4.90 Å². The minimum Gasteiger partial charge on any atom is -0.419 e. The molecule has 1 atom stereocenters. The molecule has 1 unspecified atom stereocenters. The molecular formula is C12H16N4OS. The Hall–Kier alpha value is -1.24. The molecule has 2 aromatic rings. The highest BCUT2D eigenvalue weighted by atomic mass is 32.1. The molecule has 0 bridgehead atoms. The van der Waals surface area contributed by atoms with E-state index in [-0.39, 0.29) is 0 Å². The Kier molecular flexibility index (Phi) is 3.40. The van der Waals surface area contributed by atoms with E-state index in [1.54, 1.807) is 11.3 Å². The summed E-state index contributed by atoms with van der Waals surface area (Å²) in [6.07, 6.45) is 0. The third kappa shape index (κ3) is 2.60. The fraction of sp³-hybridized carbons (Fsp3) is 0.500. The first-order valence-corrected chi connectivity index (χ1v) is 7.01. The van der Waals surface area contributed by atoms with Crippen molar-refractivity contribution < 1.29 is 4.42 Å². The van der Waals surface area contributed by atoms with E-state index in [1.165, 1.54) is 0 Å². The number of hydrogen-bond donors (Lipinski definition) is 1. The number of nitrogens with zero attached hydrogens (tertiary/aromatic N) is 3. The summed E-state index contributed by atoms with van der Waals surface area (Å²) < 4.78 is 5.69. The molecule has 1 N–H and O–H groups in total. The van der Waals surface area contributed by atoms with Crippen molar-refractivity contribution >= 4 is 11.3 Å². The molecule has 0 radical (unpaired) electrons. The van der Waals surface area contributed by atoms with Crippen LogP contribution in [0.3, 0.4) is 0 Å². The van der Waals surface area contributed by atoms with Crippen LogP contribution in [0.25, 0.3) is 10.8 Å². The normalized spacial score (nSPS) is 21.3. The summed E-state index contributed by atoms with van der Waals surface area (Å²) in [5.41, 5.74) is 0. The highest BCUT2D eigenvalue weighted by molar-refractivity contribution is 7.13. The van der Waals surface area contributed by atoms with Gasteiger partial charge in [-0.1, -0.05) is 6.07 Å². The molecule has 0 amide bonds. The Balaban J connectivity index is 1.66. The van der Waals surface area contributed by atoms with Gasteiger partial charge < -0.3 is 9.73 Å². The SMILES string of the molecule is CC1CN(Cc2nnc(-c3cccs3)o2)CCN1. The molecule has 0 saturated carbocycles. The molecule has 1 aliphatic heterocycles. The maximum atomic E-state index is 5.69. The molecule has 5 nitrogen and oxygen atoms in total. The van der Waals surface area contributed by atoms with Crippen LogP contribution in [0.5, 0.6) is 0 Å². The number of hydrogen-bond acceptors (Lipinski definition) is 6. The monoisotopic (exact) mass is 264 g/mol. The minimum atomic E-state index is 0.526. The molecule has 3 heterocycles. The van der Waals surface area contributed by atoms with Gasteiger partial charge in [-0.2, -0.15) is 0 Å². The summed E-state index contributed by atoms with van der Waals surface area (Å²) in [4.78, 5) is 3.37. The summed E-state index contributed by atoms with van der Waals surface area (Å²) in [7, 11) is 0. The zero-order chi connectivity index (χ0) is 12.4. The van der Waals surface area contributed by atoms with Crippen LogP contribution in [0.1, 0.15) is 12.8 Å². The quantitative estimate of drug-likeness (QED) is 0.912. The first kappa shape index (κ1) is 11.8. The zero-order valence-corrected chi connectivity index (χ0v) is 11.1. The van der Waals surface area contributed by atoms with Crippen LogP contribution < -0.4 is 5.32 Å². The van der Waals surface area contributed by atoms with Crippen LogP contribution in [0.2, 0.25) is 0 Å². The van der Waals surface area contributed by atoms with E-state index in [9.17, 15) is 0 Å². The van der Waals surface area contributed by atoms with Crippen molar-refractivity contribution in [1.29, 1.82) is 0 Å². The average Bonchev–Trinajstić information content (AvgIpc) is 2.98. The van der Waals surface area contributed by atoms with E-state index in [0.29, 0.717) is 17.8 Å². The Bertz CT molecular complexity index is 496. The summed E-state index contributed by atoms with van der Waals surface area (Å²) in [5, 5.41) is 13.6. The summed E-state index contributed by atoms with van der Waals surface area (Å²) in [6.45, 7) is 6.01. The van der Waals surface area contributed by atoms with E-state index in [2.05, 4.69) is 27.3 Å². The fourth-order valence-electron chi connectivity index (χ4n) is 2.16. The number of aromatic nitrogens is 2. The maximum absolute atomic E-state index is 5.69. The maximum Gasteiger partial charge on any atom is 0.257 e. The van der Waals surface area contributed by atoms with E-state index in [1.807, 2.05) is 17.5 Å². The van der Waals surface area contributed by atoms with Crippen molar-refractivity contribution in [2.75, 3.05) is 19.6 Å². The Labute approximate surface area is 110 Å². The molecule has 0 aliphatic carbocycles. The van der Waals surface area contributed by atoms with Gasteiger partial charge in [-0.05, 0) is 18.4 Å². The Morgan fingerprint density at radius 3 is 3.28 bits per heavy atom. The Morgan fingerprint density at radius 2 is 2.50 bits per heavy atom. The molecule has 18 heavy (non-hydrogen) atoms. The number of nitrogens with one attached hydrogen (secondary N) is 1. The molecule has 2 aromatic heterocycles. The molecule has 6 heteroatoms. The Morgan fingerprint density at radius 1 is 1.56 bits per heavy atom. The molecule has 1 saturated heterocycles. The van der Waals surface area contributed by atoms with Crippen LogP contribution in [0, 0.1) is 0 Å². The molecular weight excluding hydrogens is 248 g/mol. The second-order valence-corrected chi connectivity index (χ2v) is 5.52. The third-order valence-corrected chi connectivity index (χ3v) is 3.87. The van der Waals surface area contributed by atoms with E-state index in [4.69, 9.17) is 4.42 Å². The number of piperazine rings is 1. The van der Waals surface area contributed by atoms with Crippen LogP contribution in [-0.4, -0.2) is 40.8 Å². The van der Waals surface area contributed by atoms with E-state index in [0.717, 1.165) is 31.1 Å². The van der Waals surface area contributed by atoms with Crippen molar-refractivity contribution in [1.82, 2.24) is 20.4 Å². The van der Waals surface area contributed by atoms with Crippen LogP contribution in [0.15, 0.2) is 21.9 Å². The molecule has 96 valence electrons. The van der Waals surface area contributed by atoms with Crippen molar-refractivity contribution in [3.05, 3.63) is 23.4 Å². The predicted octanol–water partition coefficient (Wildman–Crippen LogP) is 1.59. The fourth-order valence-corrected chi connectivity index (χ4v) is 2.81. The molecule has 3 rings (SSSR count). The lowest BCUT2D eigenvalue weighted by atomic mass is 10.2. The average molecular weight is 264 g/mol. The van der Waals surface area contributed by atoms with Gasteiger partial charge in [-0.15, -0.1) is 21.5 Å². The summed E-state index contributed by atoms with van der Waals surface area (Å²) in [5.74, 6) is 1.33. The van der Waals surface area contributed by atoms with Gasteiger partial charge in [0.15, 0.2) is 0 Å². The molecule has 0 spiro atoms. The lowest BCUT2D eigenvalue weighted by Crippen LogP contribution is -2.48. The first-order chi connectivity index (χ1) is 8.81. The second kappa shape index (κ2) is 5.17. The second-order valence-electron chi connectivity index (χ2n) is 4.57. The first-order valence-electron chi connectivity index (χ1n) is 6.13. The molecule has 1 fully saturated rings. The van der Waals surface area contributed by atoms with Crippen molar-refractivity contribution in [3.8, 4) is 10.8 Å². The minimum absolute atomic E-state index is 0.526. The summed E-state index contributed by atoms with van der Waals surface area (Å²) in [6, 6.07) is 4.51. The van der Waals surface area contributed by atoms with Gasteiger partial charge >= 0.3 is 0 Å². The van der Waals surface area contributed by atoms with Gasteiger partial charge in [0.05, 0.1) is 11.4 Å². The predicted molar refractivity (Wildman–Crippen MR) is 70.4 cm³/mol. The standard InChI is InChI=1S/C12H16N4OS/c1-9-7-16(5-4-13-9)8-11-14-15-12(17-11)10-3-2-6-18-10/h2-3,6,9,13H,4-5,7-8H2,1H3. The molecule has 0 aromatic carbocycles. The van der Waals surface area contributed by atoms with Gasteiger partial charge in [0.2, 0.25) is 5.89 Å². The highest BCUT2D eigenvalue weighted by Gasteiger charge is 2.18. The van der Waals surface area contributed by atoms with Gasteiger partial charge in [-0.25, -0.2) is 0 Å². The van der Waals surface area contributed by atoms with E-state index < -0.39 is 0 Å².